The van der Waals surface area contributed by atoms with Crippen LogP contribution in [0.25, 0.3) is 0 Å². The van der Waals surface area contributed by atoms with Gasteiger partial charge in [-0.2, -0.15) is 0 Å². The summed E-state index contributed by atoms with van der Waals surface area (Å²) in [6.45, 7) is 1.41. The van der Waals surface area contributed by atoms with Crippen LogP contribution in [0.1, 0.15) is 24.8 Å². The molecule has 1 amide bonds. The third-order valence-electron chi connectivity index (χ3n) is 3.80. The Balaban J connectivity index is 1.86. The van der Waals surface area contributed by atoms with E-state index >= 15 is 0 Å². The van der Waals surface area contributed by atoms with Crippen LogP contribution in [0, 0.1) is 5.92 Å². The van der Waals surface area contributed by atoms with Gasteiger partial charge in [0.15, 0.2) is 0 Å². The maximum Gasteiger partial charge on any atom is 0.223 e. The van der Waals surface area contributed by atoms with E-state index in [1.165, 1.54) is 0 Å². The highest BCUT2D eigenvalue weighted by Gasteiger charge is 2.23. The predicted octanol–water partition coefficient (Wildman–Crippen LogP) is 1.29. The number of nitrogens with two attached hydrogens (primary N) is 1. The van der Waals surface area contributed by atoms with Crippen LogP contribution in [0.5, 0.6) is 0 Å². The van der Waals surface area contributed by atoms with Crippen LogP contribution in [-0.4, -0.2) is 36.2 Å². The molecule has 0 saturated carbocycles. The van der Waals surface area contributed by atoms with Gasteiger partial charge in [-0.1, -0.05) is 30.3 Å². The Morgan fingerprint density at radius 1 is 1.30 bits per heavy atom. The zero-order valence-corrected chi connectivity index (χ0v) is 11.6. The van der Waals surface area contributed by atoms with Gasteiger partial charge in [-0.05, 0) is 24.8 Å². The zero-order chi connectivity index (χ0) is 14.4. The van der Waals surface area contributed by atoms with Crippen LogP contribution >= 0.6 is 0 Å². The van der Waals surface area contributed by atoms with Crippen molar-refractivity contribution >= 4 is 12.2 Å². The monoisotopic (exact) mass is 273 g/mol. The summed E-state index contributed by atoms with van der Waals surface area (Å²) in [6.07, 6.45) is 4.52. The van der Waals surface area contributed by atoms with E-state index in [4.69, 9.17) is 5.73 Å². The molecule has 1 aromatic carbocycles. The van der Waals surface area contributed by atoms with Gasteiger partial charge in [0.2, 0.25) is 12.2 Å². The summed E-state index contributed by atoms with van der Waals surface area (Å²) in [5.41, 5.74) is 6.89. The molecule has 0 aromatic heterocycles. The molecule has 1 aliphatic rings. The van der Waals surface area contributed by atoms with E-state index in [0.29, 0.717) is 19.5 Å². The Morgan fingerprint density at radius 2 is 1.95 bits per heavy atom. The molecule has 1 fully saturated rings. The van der Waals surface area contributed by atoms with Crippen molar-refractivity contribution in [1.29, 1.82) is 0 Å². The first kappa shape index (κ1) is 14.7. The van der Waals surface area contributed by atoms with Gasteiger partial charge in [-0.15, -0.1) is 0 Å². The summed E-state index contributed by atoms with van der Waals surface area (Å²) in [4.78, 5) is 25.1. The van der Waals surface area contributed by atoms with Crippen molar-refractivity contribution in [1.82, 2.24) is 4.90 Å². The Hall–Kier alpha value is -1.68. The number of rotatable bonds is 5. The number of benzene rings is 1. The number of carbonyl (C=O) groups excluding carboxylic acids is 2. The highest BCUT2D eigenvalue weighted by Crippen LogP contribution is 2.15. The first-order valence-corrected chi connectivity index (χ1v) is 7.14. The number of hydrogen-bond donors (Lipinski definition) is 1. The Morgan fingerprint density at radius 3 is 2.55 bits per heavy atom. The van der Waals surface area contributed by atoms with Crippen LogP contribution in [0.2, 0.25) is 0 Å². The first-order chi connectivity index (χ1) is 9.69. The average Bonchev–Trinajstić information content (AvgIpc) is 2.48. The molecule has 2 rings (SSSR count). The second-order valence-electron chi connectivity index (χ2n) is 5.43. The molecule has 107 valence electrons. The molecule has 0 spiro atoms. The number of likely N-dealkylation sites (tertiary alicyclic amines) is 1. The minimum Gasteiger partial charge on any atom is -0.343 e. The van der Waals surface area contributed by atoms with E-state index in [2.05, 4.69) is 0 Å². The summed E-state index contributed by atoms with van der Waals surface area (Å²) < 4.78 is 0. The van der Waals surface area contributed by atoms with Crippen molar-refractivity contribution in [3.63, 3.8) is 0 Å². The molecule has 0 unspecified atom stereocenters. The van der Waals surface area contributed by atoms with E-state index in [-0.39, 0.29) is 24.3 Å². The maximum absolute atomic E-state index is 12.2. The van der Waals surface area contributed by atoms with Crippen LogP contribution in [0.4, 0.5) is 0 Å². The van der Waals surface area contributed by atoms with Crippen LogP contribution in [0.3, 0.4) is 0 Å². The average molecular weight is 273 g/mol. The highest BCUT2D eigenvalue weighted by atomic mass is 16.2. The number of amides is 1. The van der Waals surface area contributed by atoms with Crippen LogP contribution < -0.4 is 5.73 Å². The van der Waals surface area contributed by atoms with Gasteiger partial charge >= 0.3 is 0 Å². The lowest BCUT2D eigenvalue weighted by Crippen LogP contribution is -2.43. The van der Waals surface area contributed by atoms with Crippen molar-refractivity contribution in [2.45, 2.75) is 31.7 Å². The molecule has 0 bridgehead atoms. The van der Waals surface area contributed by atoms with E-state index in [1.807, 2.05) is 41.5 Å². The third-order valence-corrected chi connectivity index (χ3v) is 3.80. The number of carbonyl (C=O) groups is 1. The maximum atomic E-state index is 12.2. The Bertz CT molecular complexity index is 439. The normalized spacial score (nSPS) is 17.8. The Kier molecular flexibility index (Phi) is 5.30. The van der Waals surface area contributed by atoms with Gasteiger partial charge in [0.05, 0.1) is 0 Å². The van der Waals surface area contributed by atoms with Gasteiger partial charge in [-0.25, -0.2) is 0 Å². The SMILES string of the molecule is NC1CCN(C(=O)C[C@H]([C]=O)Cc2ccccc2)CC1. The van der Waals surface area contributed by atoms with Crippen LogP contribution in [-0.2, 0) is 16.0 Å². The molecule has 4 heteroatoms. The van der Waals surface area contributed by atoms with Crippen LogP contribution in [0.15, 0.2) is 30.3 Å². The van der Waals surface area contributed by atoms with Gasteiger partial charge in [-0.3, -0.25) is 9.59 Å². The summed E-state index contributed by atoms with van der Waals surface area (Å²) in [5, 5.41) is 0. The fourth-order valence-electron chi connectivity index (χ4n) is 2.54. The summed E-state index contributed by atoms with van der Waals surface area (Å²) in [7, 11) is 0. The molecule has 2 N–H and O–H groups in total. The molecule has 1 heterocycles. The molecule has 1 saturated heterocycles. The zero-order valence-electron chi connectivity index (χ0n) is 11.6. The quantitative estimate of drug-likeness (QED) is 0.879. The molecule has 1 atom stereocenters. The fourth-order valence-corrected chi connectivity index (χ4v) is 2.54. The Labute approximate surface area is 119 Å². The van der Waals surface area contributed by atoms with Gasteiger partial charge in [0.1, 0.15) is 0 Å². The van der Waals surface area contributed by atoms with E-state index < -0.39 is 0 Å². The summed E-state index contributed by atoms with van der Waals surface area (Å²) in [5.74, 6) is -0.318. The second kappa shape index (κ2) is 7.20. The van der Waals surface area contributed by atoms with E-state index in [0.717, 1.165) is 18.4 Å². The standard InChI is InChI=1S/C16H21N2O2/c17-15-6-8-18(9-7-15)16(20)11-14(12-19)10-13-4-2-1-3-5-13/h1-5,14-15H,6-11,17H2/t14-/m1/s1. The summed E-state index contributed by atoms with van der Waals surface area (Å²) >= 11 is 0. The molecule has 0 aliphatic carbocycles. The van der Waals surface area contributed by atoms with Crippen molar-refractivity contribution in [2.75, 3.05) is 13.1 Å². The van der Waals surface area contributed by atoms with E-state index in [9.17, 15) is 9.59 Å². The largest absolute Gasteiger partial charge is 0.343 e. The topological polar surface area (TPSA) is 63.4 Å². The lowest BCUT2D eigenvalue weighted by Gasteiger charge is -2.30. The van der Waals surface area contributed by atoms with Gasteiger partial charge in [0, 0.05) is 31.5 Å². The smallest absolute Gasteiger partial charge is 0.223 e. The van der Waals surface area contributed by atoms with Crippen molar-refractivity contribution in [2.24, 2.45) is 11.7 Å². The fraction of sp³-hybridized carbons (Fsp3) is 0.500. The number of hydrogen-bond acceptors (Lipinski definition) is 3. The molecule has 20 heavy (non-hydrogen) atoms. The number of nitrogens with zero attached hydrogens (tertiary/aromatic N) is 1. The van der Waals surface area contributed by atoms with Gasteiger partial charge < -0.3 is 10.6 Å². The molecular formula is C16H21N2O2. The summed E-state index contributed by atoms with van der Waals surface area (Å²) in [6, 6.07) is 9.95. The second-order valence-corrected chi connectivity index (χ2v) is 5.43. The molecule has 1 aromatic rings. The minimum atomic E-state index is -0.361. The number of piperidine rings is 1. The predicted molar refractivity (Wildman–Crippen MR) is 77.7 cm³/mol. The molecule has 1 radical (unpaired) electrons. The minimum absolute atomic E-state index is 0.0428. The molecule has 4 nitrogen and oxygen atoms in total. The van der Waals surface area contributed by atoms with Crippen molar-refractivity contribution < 1.29 is 9.59 Å². The van der Waals surface area contributed by atoms with Crippen molar-refractivity contribution in [3.8, 4) is 0 Å². The molecule has 1 aliphatic heterocycles. The lowest BCUT2D eigenvalue weighted by molar-refractivity contribution is -0.132. The van der Waals surface area contributed by atoms with Crippen molar-refractivity contribution in [3.05, 3.63) is 35.9 Å². The first-order valence-electron chi connectivity index (χ1n) is 7.14. The third kappa shape index (κ3) is 4.17. The van der Waals surface area contributed by atoms with Gasteiger partial charge in [0.25, 0.3) is 0 Å². The lowest BCUT2D eigenvalue weighted by atomic mass is 9.96. The van der Waals surface area contributed by atoms with E-state index in [1.54, 1.807) is 0 Å². The highest BCUT2D eigenvalue weighted by molar-refractivity contribution is 5.79. The molecular weight excluding hydrogens is 252 g/mol.